The molecule has 0 aliphatic rings. The van der Waals surface area contributed by atoms with E-state index in [0.717, 1.165) is 34.0 Å². The molecule has 3 rings (SSSR count). The van der Waals surface area contributed by atoms with E-state index in [-0.39, 0.29) is 23.8 Å². The Hall–Kier alpha value is -2.80. The molecule has 0 saturated heterocycles. The fourth-order valence-electron chi connectivity index (χ4n) is 3.66. The van der Waals surface area contributed by atoms with Crippen LogP contribution in [0.25, 0.3) is 0 Å². The van der Waals surface area contributed by atoms with Crippen molar-refractivity contribution >= 4 is 23.4 Å². The second-order valence-corrected chi connectivity index (χ2v) is 9.78. The van der Waals surface area contributed by atoms with Gasteiger partial charge in [-0.05, 0) is 69.4 Å². The Morgan fingerprint density at radius 2 is 1.76 bits per heavy atom. The van der Waals surface area contributed by atoms with Crippen LogP contribution in [0, 0.1) is 13.8 Å². The molecule has 1 amide bonds. The van der Waals surface area contributed by atoms with Crippen LogP contribution in [0.3, 0.4) is 0 Å². The van der Waals surface area contributed by atoms with Gasteiger partial charge in [0.25, 0.3) is 0 Å². The van der Waals surface area contributed by atoms with Gasteiger partial charge in [0, 0.05) is 11.7 Å². The molecule has 1 heterocycles. The molecule has 1 atom stereocenters. The van der Waals surface area contributed by atoms with Gasteiger partial charge in [0.05, 0.1) is 5.75 Å². The van der Waals surface area contributed by atoms with E-state index < -0.39 is 0 Å². The zero-order chi connectivity index (χ0) is 24.1. The number of aryl methyl sites for hydroxylation is 1. The summed E-state index contributed by atoms with van der Waals surface area (Å²) in [5.41, 5.74) is 4.24. The molecule has 2 aromatic carbocycles. The maximum atomic E-state index is 12.6. The number of anilines is 1. The predicted octanol–water partition coefficient (Wildman–Crippen LogP) is 6.47. The van der Waals surface area contributed by atoms with E-state index in [1.165, 1.54) is 11.8 Å². The number of benzene rings is 2. The normalized spacial score (nSPS) is 12.3. The Morgan fingerprint density at radius 3 is 2.45 bits per heavy atom. The summed E-state index contributed by atoms with van der Waals surface area (Å²) in [5, 5.41) is 12.5. The zero-order valence-corrected chi connectivity index (χ0v) is 21.4. The standard InChI is InChI=1S/C26H34N4O2S/c1-16(2)21-12-8-9-14-23(21)32-20(7)25-28-29-26(30(25)17(3)4)33-15-24(31)27-22-13-10-11-18(5)19(22)6/h8-14,16-17,20H,15H2,1-7H3,(H,27,31). The molecule has 0 aliphatic heterocycles. The minimum Gasteiger partial charge on any atom is -0.482 e. The van der Waals surface area contributed by atoms with E-state index >= 15 is 0 Å². The van der Waals surface area contributed by atoms with Crippen molar-refractivity contribution < 1.29 is 9.53 Å². The second-order valence-electron chi connectivity index (χ2n) is 8.84. The Balaban J connectivity index is 1.73. The Morgan fingerprint density at radius 1 is 1.03 bits per heavy atom. The summed E-state index contributed by atoms with van der Waals surface area (Å²) in [6.07, 6.45) is -0.280. The number of carbonyl (C=O) groups excluding carboxylic acids is 1. The SMILES string of the molecule is Cc1cccc(NC(=O)CSc2nnc(C(C)Oc3ccccc3C(C)C)n2C(C)C)c1C. The quantitative estimate of drug-likeness (QED) is 0.366. The molecule has 0 aliphatic carbocycles. The van der Waals surface area contributed by atoms with Gasteiger partial charge < -0.3 is 14.6 Å². The number of hydrogen-bond donors (Lipinski definition) is 1. The molecule has 0 fully saturated rings. The highest BCUT2D eigenvalue weighted by Crippen LogP contribution is 2.32. The number of aromatic nitrogens is 3. The Kier molecular flexibility index (Phi) is 8.19. The first-order chi connectivity index (χ1) is 15.7. The monoisotopic (exact) mass is 466 g/mol. The van der Waals surface area contributed by atoms with Gasteiger partial charge in [-0.1, -0.05) is 55.9 Å². The number of rotatable bonds is 9. The van der Waals surface area contributed by atoms with Crippen molar-refractivity contribution in [3.05, 3.63) is 65.0 Å². The molecule has 0 saturated carbocycles. The van der Waals surface area contributed by atoms with Crippen LogP contribution in [-0.4, -0.2) is 26.4 Å². The van der Waals surface area contributed by atoms with Crippen molar-refractivity contribution in [3.63, 3.8) is 0 Å². The van der Waals surface area contributed by atoms with Gasteiger partial charge in [-0.3, -0.25) is 4.79 Å². The lowest BCUT2D eigenvalue weighted by Gasteiger charge is -2.21. The van der Waals surface area contributed by atoms with Gasteiger partial charge in [0.2, 0.25) is 5.91 Å². The van der Waals surface area contributed by atoms with Gasteiger partial charge in [-0.2, -0.15) is 0 Å². The molecular weight excluding hydrogens is 432 g/mol. The first-order valence-corrected chi connectivity index (χ1v) is 12.4. The fourth-order valence-corrected chi connectivity index (χ4v) is 4.53. The number of para-hydroxylation sites is 1. The molecule has 0 radical (unpaired) electrons. The number of thioether (sulfide) groups is 1. The van der Waals surface area contributed by atoms with Gasteiger partial charge in [0.15, 0.2) is 17.1 Å². The lowest BCUT2D eigenvalue weighted by molar-refractivity contribution is -0.113. The van der Waals surface area contributed by atoms with Gasteiger partial charge in [0.1, 0.15) is 5.75 Å². The lowest BCUT2D eigenvalue weighted by atomic mass is 10.0. The largest absolute Gasteiger partial charge is 0.482 e. The molecule has 0 spiro atoms. The maximum Gasteiger partial charge on any atom is 0.234 e. The number of nitrogens with zero attached hydrogens (tertiary/aromatic N) is 3. The van der Waals surface area contributed by atoms with E-state index in [9.17, 15) is 4.79 Å². The third kappa shape index (κ3) is 5.96. The highest BCUT2D eigenvalue weighted by atomic mass is 32.2. The predicted molar refractivity (Wildman–Crippen MR) is 135 cm³/mol. The summed E-state index contributed by atoms with van der Waals surface area (Å²) >= 11 is 1.39. The molecule has 1 aromatic heterocycles. The first kappa shape index (κ1) is 24.8. The van der Waals surface area contributed by atoms with Crippen molar-refractivity contribution in [2.24, 2.45) is 0 Å². The van der Waals surface area contributed by atoms with Gasteiger partial charge >= 0.3 is 0 Å². The van der Waals surface area contributed by atoms with Crippen molar-refractivity contribution in [2.45, 2.75) is 71.7 Å². The molecule has 1 unspecified atom stereocenters. The summed E-state index contributed by atoms with van der Waals surface area (Å²) < 4.78 is 8.37. The minimum atomic E-state index is -0.280. The van der Waals surface area contributed by atoms with Crippen molar-refractivity contribution in [1.82, 2.24) is 14.8 Å². The molecular formula is C26H34N4O2S. The van der Waals surface area contributed by atoms with E-state index in [1.54, 1.807) is 0 Å². The van der Waals surface area contributed by atoms with Crippen LogP contribution >= 0.6 is 11.8 Å². The number of amides is 1. The summed E-state index contributed by atoms with van der Waals surface area (Å²) in [4.78, 5) is 12.6. The van der Waals surface area contributed by atoms with Crippen molar-refractivity contribution in [3.8, 4) is 5.75 Å². The maximum absolute atomic E-state index is 12.6. The van der Waals surface area contributed by atoms with E-state index in [0.29, 0.717) is 11.1 Å². The minimum absolute atomic E-state index is 0.0660. The highest BCUT2D eigenvalue weighted by molar-refractivity contribution is 7.99. The zero-order valence-electron chi connectivity index (χ0n) is 20.5. The van der Waals surface area contributed by atoms with Gasteiger partial charge in [-0.25, -0.2) is 0 Å². The summed E-state index contributed by atoms with van der Waals surface area (Å²) in [5.74, 6) is 2.16. The van der Waals surface area contributed by atoms with Crippen molar-refractivity contribution in [1.29, 1.82) is 0 Å². The highest BCUT2D eigenvalue weighted by Gasteiger charge is 2.23. The summed E-state index contributed by atoms with van der Waals surface area (Å²) in [7, 11) is 0. The van der Waals surface area contributed by atoms with Crippen LogP contribution in [0.4, 0.5) is 5.69 Å². The topological polar surface area (TPSA) is 69.0 Å². The number of hydrogen-bond acceptors (Lipinski definition) is 5. The van der Waals surface area contributed by atoms with Crippen LogP contribution in [-0.2, 0) is 4.79 Å². The third-order valence-electron chi connectivity index (χ3n) is 5.63. The summed E-state index contributed by atoms with van der Waals surface area (Å²) in [6, 6.07) is 14.1. The average Bonchev–Trinajstić information content (AvgIpc) is 3.20. The number of ether oxygens (including phenoxy) is 1. The second kappa shape index (κ2) is 10.9. The smallest absolute Gasteiger partial charge is 0.234 e. The molecule has 0 bridgehead atoms. The molecule has 33 heavy (non-hydrogen) atoms. The Bertz CT molecular complexity index is 1110. The van der Waals surface area contributed by atoms with Crippen LogP contribution in [0.5, 0.6) is 5.75 Å². The lowest BCUT2D eigenvalue weighted by Crippen LogP contribution is -2.17. The summed E-state index contributed by atoms with van der Waals surface area (Å²) in [6.45, 7) is 14.5. The Labute approximate surface area is 201 Å². The number of nitrogens with one attached hydrogen (secondary N) is 1. The van der Waals surface area contributed by atoms with E-state index in [1.807, 2.05) is 57.2 Å². The van der Waals surface area contributed by atoms with E-state index in [2.05, 4.69) is 53.8 Å². The third-order valence-corrected chi connectivity index (χ3v) is 6.57. The van der Waals surface area contributed by atoms with Crippen LogP contribution in [0.1, 0.15) is 75.2 Å². The molecule has 1 N–H and O–H groups in total. The van der Waals surface area contributed by atoms with Crippen LogP contribution in [0.15, 0.2) is 47.6 Å². The number of carbonyl (C=O) groups is 1. The molecule has 3 aromatic rings. The first-order valence-electron chi connectivity index (χ1n) is 11.4. The van der Waals surface area contributed by atoms with Crippen LogP contribution in [0.2, 0.25) is 0 Å². The van der Waals surface area contributed by atoms with E-state index in [4.69, 9.17) is 4.74 Å². The van der Waals surface area contributed by atoms with Crippen molar-refractivity contribution in [2.75, 3.05) is 11.1 Å². The van der Waals surface area contributed by atoms with Gasteiger partial charge in [-0.15, -0.1) is 10.2 Å². The molecule has 7 heteroatoms. The molecule has 6 nitrogen and oxygen atoms in total. The van der Waals surface area contributed by atoms with Crippen LogP contribution < -0.4 is 10.1 Å². The molecule has 176 valence electrons. The fraction of sp³-hybridized carbons (Fsp3) is 0.423. The average molecular weight is 467 g/mol.